The van der Waals surface area contributed by atoms with E-state index in [-0.39, 0.29) is 53.2 Å². The van der Waals surface area contributed by atoms with Gasteiger partial charge in [0.2, 0.25) is 0 Å². The SMILES string of the molecule is CO[C@H]1[C@H](O)[C@H](OC2CC[C@]3(CO)C4CCC5(C)C(C6=CC(=O)OC6)CC[C@]5(O)C4CC[C@@H]3C2)O[C@@H](C)[C@@H]1O. The van der Waals surface area contributed by atoms with E-state index in [1.165, 1.54) is 7.11 Å². The molecule has 220 valence electrons. The van der Waals surface area contributed by atoms with Gasteiger partial charge in [0.25, 0.3) is 0 Å². The van der Waals surface area contributed by atoms with Crippen molar-refractivity contribution in [3.63, 3.8) is 0 Å². The summed E-state index contributed by atoms with van der Waals surface area (Å²) in [5.74, 6) is 0.498. The lowest BCUT2D eigenvalue weighted by Gasteiger charge is -2.64. The zero-order valence-corrected chi connectivity index (χ0v) is 23.5. The molecule has 2 heterocycles. The predicted octanol–water partition coefficient (Wildman–Crippen LogP) is 2.08. The molecule has 0 radical (unpaired) electrons. The molecule has 0 aromatic heterocycles. The molecule has 2 aliphatic heterocycles. The summed E-state index contributed by atoms with van der Waals surface area (Å²) < 4.78 is 22.7. The number of hydrogen-bond donors (Lipinski definition) is 4. The summed E-state index contributed by atoms with van der Waals surface area (Å²) in [5, 5.41) is 44.4. The van der Waals surface area contributed by atoms with Gasteiger partial charge in [-0.1, -0.05) is 6.92 Å². The van der Waals surface area contributed by atoms with Crippen molar-refractivity contribution in [2.24, 2.45) is 34.5 Å². The van der Waals surface area contributed by atoms with Gasteiger partial charge in [0.1, 0.15) is 24.9 Å². The molecule has 0 spiro atoms. The van der Waals surface area contributed by atoms with Gasteiger partial charge in [0.05, 0.1) is 17.8 Å². The summed E-state index contributed by atoms with van der Waals surface area (Å²) in [5.41, 5.74) is -0.343. The average molecular weight is 551 g/mol. The summed E-state index contributed by atoms with van der Waals surface area (Å²) in [4.78, 5) is 11.8. The zero-order chi connectivity index (χ0) is 27.7. The molecule has 6 aliphatic rings. The Hall–Kier alpha value is -1.07. The average Bonchev–Trinajstić information content (AvgIpc) is 3.47. The number of hydrogen-bond acceptors (Lipinski definition) is 9. The molecule has 0 bridgehead atoms. The number of ether oxygens (including phenoxy) is 4. The number of methoxy groups -OCH3 is 1. The highest BCUT2D eigenvalue weighted by Crippen LogP contribution is 2.70. The van der Waals surface area contributed by atoms with E-state index in [0.717, 1.165) is 63.4 Å². The number of aliphatic hydroxyl groups is 4. The van der Waals surface area contributed by atoms with E-state index in [2.05, 4.69) is 6.92 Å². The predicted molar refractivity (Wildman–Crippen MR) is 139 cm³/mol. The highest BCUT2D eigenvalue weighted by molar-refractivity contribution is 5.85. The maximum atomic E-state index is 12.4. The number of aliphatic hydroxyl groups excluding tert-OH is 3. The summed E-state index contributed by atoms with van der Waals surface area (Å²) >= 11 is 0. The van der Waals surface area contributed by atoms with Crippen LogP contribution < -0.4 is 0 Å². The van der Waals surface area contributed by atoms with Crippen LogP contribution >= 0.6 is 0 Å². The maximum Gasteiger partial charge on any atom is 0.331 e. The van der Waals surface area contributed by atoms with E-state index in [1.807, 2.05) is 0 Å². The summed E-state index contributed by atoms with van der Waals surface area (Å²) in [6, 6.07) is 0. The summed E-state index contributed by atoms with van der Waals surface area (Å²) in [7, 11) is 1.47. The minimum atomic E-state index is -1.09. The molecule has 39 heavy (non-hydrogen) atoms. The van der Waals surface area contributed by atoms with Crippen molar-refractivity contribution in [1.29, 1.82) is 0 Å². The molecule has 9 nitrogen and oxygen atoms in total. The fraction of sp³-hybridized carbons (Fsp3) is 0.900. The number of cyclic esters (lactones) is 1. The van der Waals surface area contributed by atoms with Crippen LogP contribution in [0.3, 0.4) is 0 Å². The van der Waals surface area contributed by atoms with Gasteiger partial charge in [-0.2, -0.15) is 0 Å². The first-order valence-corrected chi connectivity index (χ1v) is 15.0. The number of carbonyl (C=O) groups excluding carboxylic acids is 1. The molecule has 0 amide bonds. The monoisotopic (exact) mass is 550 g/mol. The highest BCUT2D eigenvalue weighted by Gasteiger charge is 2.68. The smallest absolute Gasteiger partial charge is 0.331 e. The van der Waals surface area contributed by atoms with E-state index < -0.39 is 36.3 Å². The first-order valence-electron chi connectivity index (χ1n) is 15.0. The van der Waals surface area contributed by atoms with Gasteiger partial charge < -0.3 is 39.4 Å². The molecule has 0 aromatic carbocycles. The van der Waals surface area contributed by atoms with Crippen molar-refractivity contribution in [2.75, 3.05) is 20.3 Å². The Kier molecular flexibility index (Phi) is 7.22. The Morgan fingerprint density at radius 1 is 1.05 bits per heavy atom. The molecule has 6 rings (SSSR count). The Bertz CT molecular complexity index is 985. The topological polar surface area (TPSA) is 135 Å². The van der Waals surface area contributed by atoms with Crippen molar-refractivity contribution in [1.82, 2.24) is 0 Å². The lowest BCUT2D eigenvalue weighted by Crippen LogP contribution is -2.64. The van der Waals surface area contributed by atoms with Gasteiger partial charge in [-0.3, -0.25) is 0 Å². The molecule has 13 atom stereocenters. The summed E-state index contributed by atoms with van der Waals surface area (Å²) in [6.07, 6.45) is 4.91. The van der Waals surface area contributed by atoms with Crippen LogP contribution in [-0.4, -0.2) is 89.1 Å². The lowest BCUT2D eigenvalue weighted by atomic mass is 9.43. The Balaban J connectivity index is 1.18. The van der Waals surface area contributed by atoms with E-state index in [0.29, 0.717) is 6.61 Å². The van der Waals surface area contributed by atoms with Crippen molar-refractivity contribution >= 4 is 5.97 Å². The molecule has 9 heteroatoms. The number of rotatable bonds is 5. The van der Waals surface area contributed by atoms with E-state index in [9.17, 15) is 25.2 Å². The van der Waals surface area contributed by atoms with Gasteiger partial charge in [-0.05, 0) is 99.4 Å². The fourth-order valence-corrected chi connectivity index (χ4v) is 10.2. The molecule has 1 saturated heterocycles. The number of fused-ring (bicyclic) bond motifs is 5. The molecule has 4 aliphatic carbocycles. The Morgan fingerprint density at radius 3 is 2.54 bits per heavy atom. The fourth-order valence-electron chi connectivity index (χ4n) is 10.2. The Morgan fingerprint density at radius 2 is 1.85 bits per heavy atom. The quantitative estimate of drug-likeness (QED) is 0.300. The first-order chi connectivity index (χ1) is 18.6. The lowest BCUT2D eigenvalue weighted by molar-refractivity contribution is -0.314. The van der Waals surface area contributed by atoms with Crippen LogP contribution in [0, 0.1) is 34.5 Å². The van der Waals surface area contributed by atoms with Crippen molar-refractivity contribution < 1.29 is 44.2 Å². The van der Waals surface area contributed by atoms with E-state index in [4.69, 9.17) is 18.9 Å². The molecular weight excluding hydrogens is 504 g/mol. The van der Waals surface area contributed by atoms with Crippen LogP contribution in [-0.2, 0) is 23.7 Å². The van der Waals surface area contributed by atoms with E-state index >= 15 is 0 Å². The van der Waals surface area contributed by atoms with Gasteiger partial charge in [0.15, 0.2) is 6.29 Å². The second-order valence-electron chi connectivity index (χ2n) is 13.6. The molecular formula is C30H46O9. The first kappa shape index (κ1) is 28.1. The molecule has 0 aromatic rings. The van der Waals surface area contributed by atoms with Crippen LogP contribution in [0.15, 0.2) is 11.6 Å². The van der Waals surface area contributed by atoms with Gasteiger partial charge in [-0.15, -0.1) is 0 Å². The van der Waals surface area contributed by atoms with Gasteiger partial charge >= 0.3 is 5.97 Å². The molecule has 4 saturated carbocycles. The normalized spacial score (nSPS) is 53.4. The molecule has 4 N–H and O–H groups in total. The second kappa shape index (κ2) is 10.0. The second-order valence-corrected chi connectivity index (χ2v) is 13.6. The molecule has 5 fully saturated rings. The number of esters is 1. The standard InChI is InChI=1S/C30H46O9/c1-16-24(33)26(36-3)25(34)27(38-16)39-19-6-10-29(15-31)18(13-19)4-5-22-21(29)7-9-28(2)20(8-11-30(22,28)35)17-12-23(32)37-14-17/h12,16,18-22,24-27,31,33-35H,4-11,13-15H2,1-3H3/t16-,18+,19?,20?,21?,22?,24-,25-,26+,27-,28?,29+,30-/m0/s1. The van der Waals surface area contributed by atoms with Gasteiger partial charge in [-0.25, -0.2) is 4.79 Å². The maximum absolute atomic E-state index is 12.4. The minimum Gasteiger partial charge on any atom is -0.458 e. The zero-order valence-electron chi connectivity index (χ0n) is 23.5. The van der Waals surface area contributed by atoms with Crippen LogP contribution in [0.2, 0.25) is 0 Å². The molecule has 5 unspecified atom stereocenters. The van der Waals surface area contributed by atoms with Crippen molar-refractivity contribution in [3.05, 3.63) is 11.6 Å². The minimum absolute atomic E-state index is 0.104. The Labute approximate surface area is 230 Å². The third-order valence-electron chi connectivity index (χ3n) is 12.3. The third-order valence-corrected chi connectivity index (χ3v) is 12.3. The van der Waals surface area contributed by atoms with Crippen molar-refractivity contribution in [3.8, 4) is 0 Å². The van der Waals surface area contributed by atoms with Gasteiger partial charge in [0, 0.05) is 25.2 Å². The number of carbonyl (C=O) groups is 1. The van der Waals surface area contributed by atoms with Crippen LogP contribution in [0.5, 0.6) is 0 Å². The van der Waals surface area contributed by atoms with Crippen LogP contribution in [0.1, 0.15) is 71.6 Å². The summed E-state index contributed by atoms with van der Waals surface area (Å²) in [6.45, 7) is 4.41. The van der Waals surface area contributed by atoms with Crippen LogP contribution in [0.25, 0.3) is 0 Å². The van der Waals surface area contributed by atoms with Crippen molar-refractivity contribution in [2.45, 2.75) is 114 Å². The van der Waals surface area contributed by atoms with E-state index in [1.54, 1.807) is 13.0 Å². The third kappa shape index (κ3) is 4.09. The van der Waals surface area contributed by atoms with Crippen LogP contribution in [0.4, 0.5) is 0 Å². The highest BCUT2D eigenvalue weighted by atomic mass is 16.7. The largest absolute Gasteiger partial charge is 0.458 e.